The molecule has 0 amide bonds. The molecule has 0 radical (unpaired) electrons. The molecule has 2 rings (SSSR count). The third-order valence-electron chi connectivity index (χ3n) is 3.97. The van der Waals surface area contributed by atoms with Gasteiger partial charge in [-0.2, -0.15) is 0 Å². The number of hydrogen-bond acceptors (Lipinski definition) is 12. The minimum Gasteiger partial charge on any atom is -0.464 e. The zero-order valence-corrected chi connectivity index (χ0v) is 17.2. The predicted octanol–water partition coefficient (Wildman–Crippen LogP) is -1.14. The molecule has 2 aliphatic heterocycles. The summed E-state index contributed by atoms with van der Waals surface area (Å²) in [4.78, 5) is 48.7. The van der Waals surface area contributed by atoms with Crippen molar-refractivity contribution in [2.45, 2.75) is 52.1 Å². The first-order valence-electron chi connectivity index (χ1n) is 9.66. The van der Waals surface area contributed by atoms with Crippen LogP contribution < -0.4 is 0 Å². The second kappa shape index (κ2) is 11.3. The molecule has 0 aromatic carbocycles. The second-order valence-corrected chi connectivity index (χ2v) is 5.97. The Bertz CT molecular complexity index is 538. The van der Waals surface area contributed by atoms with Crippen molar-refractivity contribution < 1.29 is 56.7 Å². The summed E-state index contributed by atoms with van der Waals surface area (Å²) in [5, 5.41) is 0. The van der Waals surface area contributed by atoms with E-state index in [0.29, 0.717) is 0 Å². The first-order chi connectivity index (χ1) is 14.4. The molecule has 0 spiro atoms. The fraction of sp³-hybridized carbons (Fsp3) is 0.750. The predicted molar refractivity (Wildman–Crippen MR) is 97.5 cm³/mol. The molecule has 2 heterocycles. The van der Waals surface area contributed by atoms with Gasteiger partial charge in [0, 0.05) is 0 Å². The number of hydrogen-bond donors (Lipinski definition) is 0. The fourth-order valence-corrected chi connectivity index (χ4v) is 2.80. The maximum Gasteiger partial charge on any atom is 0.489 e. The Morgan fingerprint density at radius 3 is 0.900 bits per heavy atom. The smallest absolute Gasteiger partial charge is 0.464 e. The molecule has 14 heteroatoms. The van der Waals surface area contributed by atoms with Crippen LogP contribution >= 0.6 is 0 Å². The van der Waals surface area contributed by atoms with Gasteiger partial charge in [-0.3, -0.25) is 0 Å². The van der Waals surface area contributed by atoms with Gasteiger partial charge in [0.25, 0.3) is 0 Å². The number of carbonyl (C=O) groups excluding carboxylic acids is 4. The van der Waals surface area contributed by atoms with Crippen molar-refractivity contribution in [2.24, 2.45) is 0 Å². The molecule has 4 atom stereocenters. The van der Waals surface area contributed by atoms with E-state index in [1.54, 1.807) is 27.7 Å². The Balaban J connectivity index is 2.18. The summed E-state index contributed by atoms with van der Waals surface area (Å²) in [7, 11) is -2.85. The van der Waals surface area contributed by atoms with Gasteiger partial charge < -0.3 is 37.6 Å². The Hall–Kier alpha value is -2.15. The van der Waals surface area contributed by atoms with Crippen LogP contribution in [0.1, 0.15) is 27.7 Å². The van der Waals surface area contributed by atoms with E-state index in [4.69, 9.17) is 37.6 Å². The zero-order chi connectivity index (χ0) is 22.3. The highest BCUT2D eigenvalue weighted by Crippen LogP contribution is 2.27. The van der Waals surface area contributed by atoms with Gasteiger partial charge >= 0.3 is 37.9 Å². The lowest BCUT2D eigenvalue weighted by molar-refractivity contribution is -0.163. The van der Waals surface area contributed by atoms with E-state index in [0.717, 1.165) is 0 Å². The maximum atomic E-state index is 12.2. The van der Waals surface area contributed by atoms with Crippen molar-refractivity contribution in [3.05, 3.63) is 0 Å². The van der Waals surface area contributed by atoms with Crippen molar-refractivity contribution in [1.29, 1.82) is 0 Å². The van der Waals surface area contributed by atoms with Crippen LogP contribution in [0.15, 0.2) is 0 Å². The molecule has 0 aromatic heterocycles. The van der Waals surface area contributed by atoms with Crippen LogP contribution in [0.25, 0.3) is 0 Å². The van der Waals surface area contributed by atoms with Crippen LogP contribution in [0.4, 0.5) is 0 Å². The SMILES string of the molecule is CCOC(=O)[C@H]1OB(B2O[C@@H](C(=O)OCC)[C@H](C(=O)OCC)O2)O[C@H]1C(=O)OCC. The van der Waals surface area contributed by atoms with Crippen LogP contribution in [0.5, 0.6) is 0 Å². The van der Waals surface area contributed by atoms with Gasteiger partial charge in [-0.05, 0) is 27.7 Å². The van der Waals surface area contributed by atoms with E-state index in [-0.39, 0.29) is 26.4 Å². The van der Waals surface area contributed by atoms with Crippen molar-refractivity contribution in [3.8, 4) is 0 Å². The molecule has 0 aromatic rings. The number of esters is 4. The van der Waals surface area contributed by atoms with Crippen molar-refractivity contribution in [3.63, 3.8) is 0 Å². The molecule has 0 saturated carbocycles. The minimum atomic E-state index is -1.44. The molecular weight excluding hydrogens is 406 g/mol. The van der Waals surface area contributed by atoms with E-state index in [1.807, 2.05) is 0 Å². The molecule has 0 unspecified atom stereocenters. The van der Waals surface area contributed by atoms with Crippen LogP contribution in [0.3, 0.4) is 0 Å². The van der Waals surface area contributed by atoms with Crippen LogP contribution in [0, 0.1) is 0 Å². The first-order valence-corrected chi connectivity index (χ1v) is 9.66. The molecule has 0 N–H and O–H groups in total. The Kier molecular flexibility index (Phi) is 9.08. The van der Waals surface area contributed by atoms with E-state index >= 15 is 0 Å². The van der Waals surface area contributed by atoms with E-state index < -0.39 is 62.3 Å². The molecule has 12 nitrogen and oxygen atoms in total. The maximum absolute atomic E-state index is 12.2. The fourth-order valence-electron chi connectivity index (χ4n) is 2.80. The molecular formula is C16H24B2O12. The minimum absolute atomic E-state index is 0.0468. The molecule has 0 aliphatic carbocycles. The number of carbonyl (C=O) groups is 4. The van der Waals surface area contributed by atoms with Crippen molar-refractivity contribution in [2.75, 3.05) is 26.4 Å². The highest BCUT2D eigenvalue weighted by molar-refractivity contribution is 7.11. The second-order valence-electron chi connectivity index (χ2n) is 5.97. The zero-order valence-electron chi connectivity index (χ0n) is 17.2. The van der Waals surface area contributed by atoms with Crippen LogP contribution in [-0.2, 0) is 56.7 Å². The summed E-state index contributed by atoms with van der Waals surface area (Å²) in [6.45, 7) is 6.53. The lowest BCUT2D eigenvalue weighted by Gasteiger charge is -2.15. The van der Waals surface area contributed by atoms with Gasteiger partial charge in [0.15, 0.2) is 24.4 Å². The average Bonchev–Trinajstić information content (AvgIpc) is 3.34. The molecule has 2 saturated heterocycles. The van der Waals surface area contributed by atoms with E-state index in [2.05, 4.69) is 0 Å². The first kappa shape index (κ1) is 24.1. The average molecular weight is 430 g/mol. The standard InChI is InChI=1S/C16H24B2O12/c1-5-23-13(19)9-10(14(20)24-6-2)28-17(27-9)18-29-11(15(21)25-7-3)12(30-18)16(22)26-8-4/h9-12H,5-8H2,1-4H3/t9-,10-,11-,12+/m1/s1. The Labute approximate surface area is 174 Å². The quantitative estimate of drug-likeness (QED) is 0.248. The largest absolute Gasteiger partial charge is 0.489 e. The van der Waals surface area contributed by atoms with Gasteiger partial charge in [-0.1, -0.05) is 0 Å². The summed E-state index contributed by atoms with van der Waals surface area (Å²) in [5.41, 5.74) is 0. The lowest BCUT2D eigenvalue weighted by atomic mass is 9.49. The van der Waals surface area contributed by atoms with Crippen molar-refractivity contribution >= 4 is 37.9 Å². The van der Waals surface area contributed by atoms with Gasteiger partial charge in [0.05, 0.1) is 26.4 Å². The molecule has 0 bridgehead atoms. The number of ether oxygens (including phenoxy) is 4. The van der Waals surface area contributed by atoms with Gasteiger partial charge in [0.2, 0.25) is 0 Å². The summed E-state index contributed by atoms with van der Waals surface area (Å²) >= 11 is 0. The Morgan fingerprint density at radius 2 is 0.733 bits per heavy atom. The lowest BCUT2D eigenvalue weighted by Crippen LogP contribution is -2.41. The molecule has 2 aliphatic rings. The normalized spacial score (nSPS) is 25.7. The van der Waals surface area contributed by atoms with E-state index in [1.165, 1.54) is 0 Å². The van der Waals surface area contributed by atoms with Crippen molar-refractivity contribution in [1.82, 2.24) is 0 Å². The summed E-state index contributed by atoms with van der Waals surface area (Å²) in [6.07, 6.45) is -5.76. The molecule has 30 heavy (non-hydrogen) atoms. The number of rotatable bonds is 9. The highest BCUT2D eigenvalue weighted by atomic mass is 16.7. The summed E-state index contributed by atoms with van der Waals surface area (Å²) in [6, 6.07) is 0. The van der Waals surface area contributed by atoms with Gasteiger partial charge in [-0.25, -0.2) is 19.2 Å². The molecule has 166 valence electrons. The van der Waals surface area contributed by atoms with E-state index in [9.17, 15) is 19.2 Å². The summed E-state index contributed by atoms with van der Waals surface area (Å²) < 4.78 is 41.4. The third kappa shape index (κ3) is 5.50. The highest BCUT2D eigenvalue weighted by Gasteiger charge is 2.61. The van der Waals surface area contributed by atoms with Gasteiger partial charge in [-0.15, -0.1) is 0 Å². The molecule has 2 fully saturated rings. The summed E-state index contributed by atoms with van der Waals surface area (Å²) in [5.74, 6) is -3.39. The van der Waals surface area contributed by atoms with Crippen LogP contribution in [0.2, 0.25) is 0 Å². The third-order valence-corrected chi connectivity index (χ3v) is 3.97. The van der Waals surface area contributed by atoms with Gasteiger partial charge in [0.1, 0.15) is 0 Å². The topological polar surface area (TPSA) is 142 Å². The monoisotopic (exact) mass is 430 g/mol. The Morgan fingerprint density at radius 1 is 0.533 bits per heavy atom. The van der Waals surface area contributed by atoms with Crippen LogP contribution in [-0.4, -0.2) is 88.7 Å².